The minimum absolute atomic E-state index is 0.0385. The first kappa shape index (κ1) is 18.8. The molecule has 1 rings (SSSR count). The molecule has 1 N–H and O–H groups in total. The van der Waals surface area contributed by atoms with Gasteiger partial charge in [-0.05, 0) is 12.8 Å². The Bertz CT molecular complexity index is 535. The zero-order valence-corrected chi connectivity index (χ0v) is 12.0. The number of rotatable bonds is 6. The van der Waals surface area contributed by atoms with E-state index in [1.165, 1.54) is 0 Å². The quantitative estimate of drug-likeness (QED) is 0.446. The molecule has 1 aliphatic rings. The molecule has 0 aromatic heterocycles. The predicted molar refractivity (Wildman–Crippen MR) is 64.0 cm³/mol. The van der Waals surface area contributed by atoms with Gasteiger partial charge >= 0.3 is 27.3 Å². The Balaban J connectivity index is 2.52. The van der Waals surface area contributed by atoms with Gasteiger partial charge in [0.2, 0.25) is 0 Å². The zero-order valence-electron chi connectivity index (χ0n) is 11.2. The fraction of sp³-hybridized carbons (Fsp3) is 0.818. The number of ketones is 1. The highest BCUT2D eigenvalue weighted by Crippen LogP contribution is 2.40. The molecular weight excluding hydrogens is 336 g/mol. The molecule has 11 heteroatoms. The first-order valence-electron chi connectivity index (χ1n) is 6.29. The Kier molecular flexibility index (Phi) is 5.55. The smallest absolute Gasteiger partial charge is 0.431 e. The second kappa shape index (κ2) is 6.49. The summed E-state index contributed by atoms with van der Waals surface area (Å²) in [6, 6.07) is 0. The third-order valence-corrected chi connectivity index (χ3v) is 4.23. The number of hydrogen-bond donors (Lipinski definition) is 1. The molecule has 0 amide bonds. The maximum absolute atomic E-state index is 13.1. The van der Waals surface area contributed by atoms with E-state index >= 15 is 0 Å². The molecule has 1 saturated carbocycles. The number of Topliss-reactive ketones (excluding diaryl/α,β-unsaturated/α-hetero) is 1. The molecule has 0 aliphatic heterocycles. The Morgan fingerprint density at radius 2 is 1.73 bits per heavy atom. The zero-order chi connectivity index (χ0) is 17.2. The molecule has 0 atom stereocenters. The lowest BCUT2D eigenvalue weighted by Crippen LogP contribution is -2.47. The first-order chi connectivity index (χ1) is 9.88. The monoisotopic (exact) mass is 350 g/mol. The lowest BCUT2D eigenvalue weighted by atomic mass is 9.88. The summed E-state index contributed by atoms with van der Waals surface area (Å²) in [6.45, 7) is -1.14. The van der Waals surface area contributed by atoms with Crippen LogP contribution in [0.15, 0.2) is 0 Å². The minimum Gasteiger partial charge on any atom is -0.465 e. The summed E-state index contributed by atoms with van der Waals surface area (Å²) in [5.74, 6) is -6.71. The molecule has 0 radical (unpaired) electrons. The van der Waals surface area contributed by atoms with Crippen LogP contribution in [0.2, 0.25) is 0 Å². The molecule has 0 heterocycles. The van der Waals surface area contributed by atoms with Crippen molar-refractivity contribution in [2.75, 3.05) is 6.61 Å². The van der Waals surface area contributed by atoms with Gasteiger partial charge < -0.3 is 4.74 Å². The Hall–Kier alpha value is -1.23. The molecule has 0 unspecified atom stereocenters. The van der Waals surface area contributed by atoms with Gasteiger partial charge in [-0.15, -0.1) is 0 Å². The third-order valence-electron chi connectivity index (χ3n) is 3.29. The maximum Gasteiger partial charge on any atom is 0.431 e. The average Bonchev–Trinajstić information content (AvgIpc) is 2.37. The maximum atomic E-state index is 13.1. The fourth-order valence-corrected chi connectivity index (χ4v) is 2.39. The van der Waals surface area contributed by atoms with Crippen molar-refractivity contribution in [1.82, 2.24) is 0 Å². The highest BCUT2D eigenvalue weighted by atomic mass is 32.2. The SMILES string of the molecule is O=C1CCC(C(=O)OCCC(F)(F)C(F)(F)S(=O)(=O)O)CC1. The molecule has 0 bridgehead atoms. The van der Waals surface area contributed by atoms with Crippen molar-refractivity contribution in [2.45, 2.75) is 43.3 Å². The second-order valence-electron chi connectivity index (χ2n) is 4.93. The fourth-order valence-electron chi connectivity index (χ4n) is 1.91. The van der Waals surface area contributed by atoms with Gasteiger partial charge in [0, 0.05) is 12.8 Å². The van der Waals surface area contributed by atoms with E-state index in [9.17, 15) is 35.6 Å². The largest absolute Gasteiger partial charge is 0.465 e. The predicted octanol–water partition coefficient (Wildman–Crippen LogP) is 1.79. The molecule has 22 heavy (non-hydrogen) atoms. The minimum atomic E-state index is -6.30. The Morgan fingerprint density at radius 1 is 1.23 bits per heavy atom. The van der Waals surface area contributed by atoms with Gasteiger partial charge in [-0.3, -0.25) is 14.1 Å². The normalized spacial score (nSPS) is 18.3. The van der Waals surface area contributed by atoms with Crippen molar-refractivity contribution < 1.29 is 44.9 Å². The van der Waals surface area contributed by atoms with E-state index < -0.39 is 46.2 Å². The Morgan fingerprint density at radius 3 is 2.18 bits per heavy atom. The van der Waals surface area contributed by atoms with Crippen molar-refractivity contribution in [3.05, 3.63) is 0 Å². The lowest BCUT2D eigenvalue weighted by Gasteiger charge is -2.24. The van der Waals surface area contributed by atoms with Crippen LogP contribution in [0.4, 0.5) is 17.6 Å². The standard InChI is InChI=1S/C11H14F4O6S/c12-10(13,11(14,15)22(18,19)20)5-6-21-9(17)7-1-3-8(16)4-2-7/h7H,1-6H2,(H,18,19,20). The van der Waals surface area contributed by atoms with E-state index in [0.717, 1.165) is 0 Å². The number of esters is 1. The van der Waals surface area contributed by atoms with E-state index in [1.54, 1.807) is 0 Å². The summed E-state index contributed by atoms with van der Waals surface area (Å²) >= 11 is 0. The summed E-state index contributed by atoms with van der Waals surface area (Å²) in [7, 11) is -6.30. The van der Waals surface area contributed by atoms with Gasteiger partial charge in [0.15, 0.2) is 0 Å². The molecule has 0 spiro atoms. The second-order valence-corrected chi connectivity index (χ2v) is 6.39. The molecule has 0 saturated heterocycles. The molecule has 1 aliphatic carbocycles. The summed E-state index contributed by atoms with van der Waals surface area (Å²) in [4.78, 5) is 22.5. The number of carbonyl (C=O) groups excluding carboxylic acids is 2. The van der Waals surface area contributed by atoms with Crippen molar-refractivity contribution in [3.8, 4) is 0 Å². The van der Waals surface area contributed by atoms with Crippen LogP contribution in [0.25, 0.3) is 0 Å². The number of alkyl halides is 4. The molecule has 0 aromatic carbocycles. The van der Waals surface area contributed by atoms with Crippen molar-refractivity contribution in [1.29, 1.82) is 0 Å². The van der Waals surface area contributed by atoms with Gasteiger partial charge in [0.1, 0.15) is 5.78 Å². The number of ether oxygens (including phenoxy) is 1. The summed E-state index contributed by atoms with van der Waals surface area (Å²) in [5, 5.41) is -5.68. The van der Waals surface area contributed by atoms with Crippen LogP contribution in [0, 0.1) is 5.92 Å². The number of halogens is 4. The summed E-state index contributed by atoms with van der Waals surface area (Å²) in [6.07, 6.45) is -1.09. The van der Waals surface area contributed by atoms with E-state index in [4.69, 9.17) is 4.55 Å². The van der Waals surface area contributed by atoms with Gasteiger partial charge in [-0.1, -0.05) is 0 Å². The Labute approximate surface area is 123 Å². The summed E-state index contributed by atoms with van der Waals surface area (Å²) < 4.78 is 85.0. The molecular formula is C11H14F4O6S. The average molecular weight is 350 g/mol. The topological polar surface area (TPSA) is 97.7 Å². The molecule has 6 nitrogen and oxygen atoms in total. The van der Waals surface area contributed by atoms with Crippen LogP contribution in [-0.4, -0.2) is 42.5 Å². The van der Waals surface area contributed by atoms with Crippen LogP contribution in [0.5, 0.6) is 0 Å². The van der Waals surface area contributed by atoms with E-state index in [0.29, 0.717) is 0 Å². The van der Waals surface area contributed by atoms with Crippen LogP contribution in [0.1, 0.15) is 32.1 Å². The number of hydrogen-bond acceptors (Lipinski definition) is 5. The van der Waals surface area contributed by atoms with E-state index in [2.05, 4.69) is 4.74 Å². The van der Waals surface area contributed by atoms with Gasteiger partial charge in [0.05, 0.1) is 18.9 Å². The number of carbonyl (C=O) groups is 2. The molecule has 0 aromatic rings. The van der Waals surface area contributed by atoms with Crippen molar-refractivity contribution >= 4 is 21.9 Å². The van der Waals surface area contributed by atoms with E-state index in [1.807, 2.05) is 0 Å². The van der Waals surface area contributed by atoms with Crippen LogP contribution < -0.4 is 0 Å². The van der Waals surface area contributed by atoms with E-state index in [-0.39, 0.29) is 31.5 Å². The lowest BCUT2D eigenvalue weighted by molar-refractivity contribution is -0.176. The highest BCUT2D eigenvalue weighted by molar-refractivity contribution is 7.87. The molecule has 1 fully saturated rings. The van der Waals surface area contributed by atoms with Crippen LogP contribution in [-0.2, 0) is 24.4 Å². The molecule has 128 valence electrons. The van der Waals surface area contributed by atoms with Gasteiger partial charge in [-0.25, -0.2) is 0 Å². The highest BCUT2D eigenvalue weighted by Gasteiger charge is 2.65. The van der Waals surface area contributed by atoms with Gasteiger partial charge in [0.25, 0.3) is 0 Å². The van der Waals surface area contributed by atoms with Gasteiger partial charge in [-0.2, -0.15) is 26.0 Å². The summed E-state index contributed by atoms with van der Waals surface area (Å²) in [5.41, 5.74) is 0. The van der Waals surface area contributed by atoms with Crippen molar-refractivity contribution in [3.63, 3.8) is 0 Å². The van der Waals surface area contributed by atoms with Crippen LogP contribution in [0.3, 0.4) is 0 Å². The van der Waals surface area contributed by atoms with Crippen molar-refractivity contribution in [2.24, 2.45) is 5.92 Å². The van der Waals surface area contributed by atoms with Crippen LogP contribution >= 0.6 is 0 Å². The third kappa shape index (κ3) is 4.15. The first-order valence-corrected chi connectivity index (χ1v) is 7.73.